The summed E-state index contributed by atoms with van der Waals surface area (Å²) in [5.74, 6) is -0.437. The molecule has 1 N–H and O–H groups in total. The fraction of sp³-hybridized carbons (Fsp3) is 0.0526. The van der Waals surface area contributed by atoms with Gasteiger partial charge in [-0.15, -0.1) is 0 Å². The Kier molecular flexibility index (Phi) is 4.93. The molecule has 0 unspecified atom stereocenters. The van der Waals surface area contributed by atoms with E-state index in [0.717, 1.165) is 5.56 Å². The van der Waals surface area contributed by atoms with Crippen LogP contribution in [0, 0.1) is 6.92 Å². The van der Waals surface area contributed by atoms with Crippen LogP contribution in [0.1, 0.15) is 11.1 Å². The first kappa shape index (κ1) is 17.3. The second kappa shape index (κ2) is 7.13. The van der Waals surface area contributed by atoms with Crippen LogP contribution in [0.4, 0.5) is 5.69 Å². The van der Waals surface area contributed by atoms with Gasteiger partial charge in [-0.3, -0.25) is 9.59 Å². The second-order valence-electron chi connectivity index (χ2n) is 5.44. The molecule has 1 aromatic heterocycles. The van der Waals surface area contributed by atoms with Gasteiger partial charge in [-0.2, -0.15) is 0 Å². The van der Waals surface area contributed by atoms with Crippen molar-refractivity contribution in [2.75, 3.05) is 5.32 Å². The van der Waals surface area contributed by atoms with Crippen molar-refractivity contribution >= 4 is 51.8 Å². The van der Waals surface area contributed by atoms with Gasteiger partial charge >= 0.3 is 0 Å². The van der Waals surface area contributed by atoms with E-state index in [1.165, 1.54) is 18.4 Å². The molecule has 3 aromatic rings. The first-order valence-electron chi connectivity index (χ1n) is 7.41. The van der Waals surface area contributed by atoms with Crippen LogP contribution in [-0.2, 0) is 4.79 Å². The van der Waals surface area contributed by atoms with Crippen LogP contribution >= 0.6 is 23.2 Å². The smallest absolute Gasteiger partial charge is 0.248 e. The number of amides is 1. The van der Waals surface area contributed by atoms with Gasteiger partial charge in [-0.05, 0) is 37.3 Å². The molecule has 1 heterocycles. The highest BCUT2D eigenvalue weighted by Crippen LogP contribution is 2.29. The quantitative estimate of drug-likeness (QED) is 0.652. The Morgan fingerprint density at radius 2 is 2.00 bits per heavy atom. The minimum absolute atomic E-state index is 0.199. The van der Waals surface area contributed by atoms with Crippen molar-refractivity contribution in [2.24, 2.45) is 0 Å². The number of carbonyl (C=O) groups excluding carboxylic acids is 1. The van der Waals surface area contributed by atoms with Crippen molar-refractivity contribution in [1.29, 1.82) is 0 Å². The zero-order valence-electron chi connectivity index (χ0n) is 13.2. The summed E-state index contributed by atoms with van der Waals surface area (Å²) in [6.07, 6.45) is 3.97. The van der Waals surface area contributed by atoms with Crippen LogP contribution < -0.4 is 10.7 Å². The topological polar surface area (TPSA) is 59.3 Å². The normalized spacial score (nSPS) is 11.2. The molecule has 25 heavy (non-hydrogen) atoms. The average molecular weight is 374 g/mol. The number of fused-ring (bicyclic) bond motifs is 1. The molecular formula is C19H13Cl2NO3. The van der Waals surface area contributed by atoms with Crippen LogP contribution in [0.3, 0.4) is 0 Å². The molecule has 6 heteroatoms. The van der Waals surface area contributed by atoms with Gasteiger partial charge < -0.3 is 9.73 Å². The minimum atomic E-state index is -0.437. The predicted octanol–water partition coefficient (Wildman–Crippen LogP) is 5.06. The molecule has 0 saturated carbocycles. The van der Waals surface area contributed by atoms with Gasteiger partial charge in [0.15, 0.2) is 5.43 Å². The van der Waals surface area contributed by atoms with E-state index >= 15 is 0 Å². The first-order valence-corrected chi connectivity index (χ1v) is 8.16. The van der Waals surface area contributed by atoms with E-state index < -0.39 is 5.91 Å². The van der Waals surface area contributed by atoms with Crippen LogP contribution in [0.5, 0.6) is 0 Å². The number of nitrogens with one attached hydrogen (secondary N) is 1. The summed E-state index contributed by atoms with van der Waals surface area (Å²) >= 11 is 11.9. The molecule has 126 valence electrons. The highest BCUT2D eigenvalue weighted by Gasteiger charge is 2.08. The Morgan fingerprint density at radius 1 is 1.20 bits per heavy atom. The number of aryl methyl sites for hydroxylation is 1. The Hall–Kier alpha value is -2.56. The summed E-state index contributed by atoms with van der Waals surface area (Å²) < 4.78 is 5.44. The lowest BCUT2D eigenvalue weighted by molar-refractivity contribution is -0.111. The number of anilines is 1. The summed E-state index contributed by atoms with van der Waals surface area (Å²) in [6.45, 7) is 1.89. The van der Waals surface area contributed by atoms with Gasteiger partial charge in [0.25, 0.3) is 0 Å². The van der Waals surface area contributed by atoms with E-state index in [2.05, 4.69) is 5.32 Å². The standard InChI is InChI=1S/C19H13Cl2NO3/c1-11-5-7-16-13(9-11)19(24)12(10-25-16)6-8-17(23)22-15-4-2-3-14(20)18(15)21/h2-10H,1H3,(H,22,23)/b8-6+. The van der Waals surface area contributed by atoms with Crippen molar-refractivity contribution in [2.45, 2.75) is 6.92 Å². The Balaban J connectivity index is 1.85. The Morgan fingerprint density at radius 3 is 2.80 bits per heavy atom. The molecule has 0 aliphatic rings. The maximum Gasteiger partial charge on any atom is 0.248 e. The zero-order chi connectivity index (χ0) is 18.0. The third kappa shape index (κ3) is 3.76. The lowest BCUT2D eigenvalue weighted by atomic mass is 10.1. The van der Waals surface area contributed by atoms with Crippen LogP contribution in [0.15, 0.2) is 57.9 Å². The molecule has 0 fully saturated rings. The van der Waals surface area contributed by atoms with Gasteiger partial charge in [0.1, 0.15) is 11.8 Å². The Bertz CT molecular complexity index is 1050. The molecule has 0 atom stereocenters. The number of benzene rings is 2. The third-order valence-electron chi connectivity index (χ3n) is 3.58. The number of rotatable bonds is 3. The molecule has 3 rings (SSSR count). The molecule has 0 bridgehead atoms. The van der Waals surface area contributed by atoms with E-state index in [0.29, 0.717) is 21.7 Å². The molecule has 0 radical (unpaired) electrons. The van der Waals surface area contributed by atoms with E-state index in [1.807, 2.05) is 13.0 Å². The van der Waals surface area contributed by atoms with Gasteiger partial charge in [0.05, 0.1) is 26.7 Å². The first-order chi connectivity index (χ1) is 12.0. The van der Waals surface area contributed by atoms with Crippen LogP contribution in [0.25, 0.3) is 17.0 Å². The maximum atomic E-state index is 12.5. The minimum Gasteiger partial charge on any atom is -0.463 e. The van der Waals surface area contributed by atoms with Gasteiger partial charge in [0.2, 0.25) is 5.91 Å². The van der Waals surface area contributed by atoms with Gasteiger partial charge in [0, 0.05) is 6.08 Å². The van der Waals surface area contributed by atoms with E-state index in [9.17, 15) is 9.59 Å². The monoisotopic (exact) mass is 373 g/mol. The summed E-state index contributed by atoms with van der Waals surface area (Å²) in [5, 5.41) is 3.68. The van der Waals surface area contributed by atoms with Crippen LogP contribution in [-0.4, -0.2) is 5.91 Å². The van der Waals surface area contributed by atoms with E-state index in [-0.39, 0.29) is 16.0 Å². The second-order valence-corrected chi connectivity index (χ2v) is 6.23. The fourth-order valence-electron chi connectivity index (χ4n) is 2.32. The predicted molar refractivity (Wildman–Crippen MR) is 101 cm³/mol. The van der Waals surface area contributed by atoms with E-state index in [1.54, 1.807) is 30.3 Å². The lowest BCUT2D eigenvalue weighted by Crippen LogP contribution is -2.09. The number of hydrogen-bond donors (Lipinski definition) is 1. The third-order valence-corrected chi connectivity index (χ3v) is 4.40. The van der Waals surface area contributed by atoms with Crippen molar-refractivity contribution in [3.63, 3.8) is 0 Å². The molecular weight excluding hydrogens is 361 g/mol. The maximum absolute atomic E-state index is 12.5. The molecule has 1 amide bonds. The van der Waals surface area contributed by atoms with Crippen molar-refractivity contribution in [1.82, 2.24) is 0 Å². The SMILES string of the molecule is Cc1ccc2occ(/C=C/C(=O)Nc3cccc(Cl)c3Cl)c(=O)c2c1. The highest BCUT2D eigenvalue weighted by atomic mass is 35.5. The molecule has 2 aromatic carbocycles. The lowest BCUT2D eigenvalue weighted by Gasteiger charge is -2.05. The number of halogens is 2. The summed E-state index contributed by atoms with van der Waals surface area (Å²) in [4.78, 5) is 24.5. The summed E-state index contributed by atoms with van der Waals surface area (Å²) in [7, 11) is 0. The average Bonchev–Trinajstić information content (AvgIpc) is 2.59. The summed E-state index contributed by atoms with van der Waals surface area (Å²) in [5.41, 5.74) is 1.93. The van der Waals surface area contributed by atoms with Gasteiger partial charge in [-0.1, -0.05) is 40.9 Å². The fourth-order valence-corrected chi connectivity index (χ4v) is 2.66. The Labute approximate surface area is 153 Å². The van der Waals surface area contributed by atoms with Crippen molar-refractivity contribution < 1.29 is 9.21 Å². The van der Waals surface area contributed by atoms with Crippen LogP contribution in [0.2, 0.25) is 10.0 Å². The highest BCUT2D eigenvalue weighted by molar-refractivity contribution is 6.44. The molecule has 0 aliphatic carbocycles. The van der Waals surface area contributed by atoms with Gasteiger partial charge in [-0.25, -0.2) is 0 Å². The number of hydrogen-bond acceptors (Lipinski definition) is 3. The van der Waals surface area contributed by atoms with Crippen molar-refractivity contribution in [3.8, 4) is 0 Å². The molecule has 0 saturated heterocycles. The molecule has 0 aliphatic heterocycles. The summed E-state index contributed by atoms with van der Waals surface area (Å²) in [6, 6.07) is 10.3. The largest absolute Gasteiger partial charge is 0.463 e. The number of carbonyl (C=O) groups is 1. The molecule has 0 spiro atoms. The van der Waals surface area contributed by atoms with Crippen molar-refractivity contribution in [3.05, 3.63) is 80.1 Å². The van der Waals surface area contributed by atoms with E-state index in [4.69, 9.17) is 27.6 Å². The zero-order valence-corrected chi connectivity index (χ0v) is 14.7. The molecule has 4 nitrogen and oxygen atoms in total.